The van der Waals surface area contributed by atoms with Crippen molar-refractivity contribution in [2.75, 3.05) is 26.7 Å². The zero-order valence-corrected chi connectivity index (χ0v) is 10.8. The van der Waals surface area contributed by atoms with Crippen LogP contribution in [0, 0.1) is 0 Å². The molecular weight excluding hydrogens is 212 g/mol. The molecule has 1 saturated heterocycles. The van der Waals surface area contributed by atoms with Crippen LogP contribution in [0.15, 0.2) is 24.3 Å². The average molecular weight is 234 g/mol. The van der Waals surface area contributed by atoms with Gasteiger partial charge in [-0.1, -0.05) is 31.2 Å². The summed E-state index contributed by atoms with van der Waals surface area (Å²) in [6, 6.07) is 9.27. The van der Waals surface area contributed by atoms with Gasteiger partial charge in [-0.2, -0.15) is 0 Å². The average Bonchev–Trinajstić information content (AvgIpc) is 2.28. The Morgan fingerprint density at radius 2 is 2.00 bits per heavy atom. The van der Waals surface area contributed by atoms with Crippen molar-refractivity contribution in [3.05, 3.63) is 35.4 Å². The van der Waals surface area contributed by atoms with Gasteiger partial charge in [0, 0.05) is 32.8 Å². The summed E-state index contributed by atoms with van der Waals surface area (Å²) >= 11 is 0. The van der Waals surface area contributed by atoms with E-state index in [-0.39, 0.29) is 0 Å². The van der Waals surface area contributed by atoms with E-state index >= 15 is 0 Å². The van der Waals surface area contributed by atoms with Gasteiger partial charge in [0.1, 0.15) is 0 Å². The van der Waals surface area contributed by atoms with Gasteiger partial charge in [-0.3, -0.25) is 4.90 Å². The van der Waals surface area contributed by atoms with E-state index in [1.54, 1.807) is 7.11 Å². The molecule has 0 aromatic heterocycles. The summed E-state index contributed by atoms with van der Waals surface area (Å²) in [4.78, 5) is 2.53. The first kappa shape index (κ1) is 12.6. The van der Waals surface area contributed by atoms with Crippen LogP contribution in [-0.2, 0) is 17.9 Å². The highest BCUT2D eigenvalue weighted by Crippen LogP contribution is 2.15. The van der Waals surface area contributed by atoms with Gasteiger partial charge in [-0.05, 0) is 17.7 Å². The van der Waals surface area contributed by atoms with Gasteiger partial charge in [0.2, 0.25) is 0 Å². The second-order valence-electron chi connectivity index (χ2n) is 4.58. The SMILES string of the molecule is CCN(Cc1ccccc1COC)C1CNC1. The minimum Gasteiger partial charge on any atom is -0.380 e. The van der Waals surface area contributed by atoms with Crippen LogP contribution in [0.1, 0.15) is 18.1 Å². The van der Waals surface area contributed by atoms with E-state index in [1.807, 2.05) is 0 Å². The summed E-state index contributed by atoms with van der Waals surface area (Å²) in [6.07, 6.45) is 0. The van der Waals surface area contributed by atoms with E-state index in [4.69, 9.17) is 4.74 Å². The van der Waals surface area contributed by atoms with E-state index in [2.05, 4.69) is 41.4 Å². The molecule has 1 aromatic rings. The Morgan fingerprint density at radius 3 is 2.53 bits per heavy atom. The Balaban J connectivity index is 2.04. The number of likely N-dealkylation sites (N-methyl/N-ethyl adjacent to an activating group) is 1. The van der Waals surface area contributed by atoms with Crippen molar-refractivity contribution in [3.63, 3.8) is 0 Å². The molecule has 1 heterocycles. The molecule has 1 aliphatic rings. The van der Waals surface area contributed by atoms with E-state index in [9.17, 15) is 0 Å². The maximum atomic E-state index is 5.25. The van der Waals surface area contributed by atoms with E-state index in [0.29, 0.717) is 12.6 Å². The van der Waals surface area contributed by atoms with Crippen molar-refractivity contribution in [2.24, 2.45) is 0 Å². The molecule has 17 heavy (non-hydrogen) atoms. The zero-order valence-electron chi connectivity index (χ0n) is 10.8. The molecule has 3 heteroatoms. The second kappa shape index (κ2) is 6.15. The Morgan fingerprint density at radius 1 is 1.29 bits per heavy atom. The zero-order chi connectivity index (χ0) is 12.1. The lowest BCUT2D eigenvalue weighted by atomic mass is 10.0. The molecule has 0 spiro atoms. The van der Waals surface area contributed by atoms with Gasteiger partial charge in [0.25, 0.3) is 0 Å². The van der Waals surface area contributed by atoms with Crippen molar-refractivity contribution in [1.82, 2.24) is 10.2 Å². The van der Waals surface area contributed by atoms with Crippen molar-refractivity contribution < 1.29 is 4.74 Å². The van der Waals surface area contributed by atoms with Crippen LogP contribution in [-0.4, -0.2) is 37.7 Å². The Bertz CT molecular complexity index is 350. The van der Waals surface area contributed by atoms with Crippen LogP contribution in [0.2, 0.25) is 0 Å². The summed E-state index contributed by atoms with van der Waals surface area (Å²) in [6.45, 7) is 7.32. The Hall–Kier alpha value is -0.900. The predicted octanol–water partition coefficient (Wildman–Crippen LogP) is 1.63. The fraction of sp³-hybridized carbons (Fsp3) is 0.571. The monoisotopic (exact) mass is 234 g/mol. The lowest BCUT2D eigenvalue weighted by molar-refractivity contribution is 0.142. The highest BCUT2D eigenvalue weighted by molar-refractivity contribution is 5.26. The third kappa shape index (κ3) is 3.06. The highest BCUT2D eigenvalue weighted by Gasteiger charge is 2.23. The van der Waals surface area contributed by atoms with Crippen LogP contribution in [0.25, 0.3) is 0 Å². The quantitative estimate of drug-likeness (QED) is 0.809. The van der Waals surface area contributed by atoms with Crippen molar-refractivity contribution in [1.29, 1.82) is 0 Å². The third-order valence-corrected chi connectivity index (χ3v) is 3.47. The normalized spacial score (nSPS) is 16.2. The van der Waals surface area contributed by atoms with Crippen LogP contribution >= 0.6 is 0 Å². The minimum absolute atomic E-state index is 0.704. The number of benzene rings is 1. The Labute approximate surface area is 104 Å². The van der Waals surface area contributed by atoms with Gasteiger partial charge in [-0.25, -0.2) is 0 Å². The van der Waals surface area contributed by atoms with Gasteiger partial charge >= 0.3 is 0 Å². The van der Waals surface area contributed by atoms with Crippen LogP contribution < -0.4 is 5.32 Å². The maximum absolute atomic E-state index is 5.25. The smallest absolute Gasteiger partial charge is 0.0716 e. The fourth-order valence-corrected chi connectivity index (χ4v) is 2.26. The largest absolute Gasteiger partial charge is 0.380 e. The third-order valence-electron chi connectivity index (χ3n) is 3.47. The summed E-state index contributed by atoms with van der Waals surface area (Å²) in [5.74, 6) is 0. The number of hydrogen-bond donors (Lipinski definition) is 1. The Kier molecular flexibility index (Phi) is 4.54. The van der Waals surface area contributed by atoms with Crippen LogP contribution in [0.3, 0.4) is 0 Å². The summed E-state index contributed by atoms with van der Waals surface area (Å²) in [5, 5.41) is 3.34. The first-order valence-electron chi connectivity index (χ1n) is 6.35. The van der Waals surface area contributed by atoms with Gasteiger partial charge < -0.3 is 10.1 Å². The topological polar surface area (TPSA) is 24.5 Å². The number of methoxy groups -OCH3 is 1. The molecule has 0 saturated carbocycles. The molecule has 3 nitrogen and oxygen atoms in total. The maximum Gasteiger partial charge on any atom is 0.0716 e. The van der Waals surface area contributed by atoms with E-state index < -0.39 is 0 Å². The molecule has 2 rings (SSSR count). The summed E-state index contributed by atoms with van der Waals surface area (Å²) in [5.41, 5.74) is 2.70. The van der Waals surface area contributed by atoms with Crippen molar-refractivity contribution in [2.45, 2.75) is 26.1 Å². The predicted molar refractivity (Wildman–Crippen MR) is 69.9 cm³/mol. The highest BCUT2D eigenvalue weighted by atomic mass is 16.5. The molecule has 1 fully saturated rings. The lowest BCUT2D eigenvalue weighted by Crippen LogP contribution is -2.56. The molecule has 0 aliphatic carbocycles. The first-order valence-corrected chi connectivity index (χ1v) is 6.35. The van der Waals surface area contributed by atoms with Gasteiger partial charge in [0.05, 0.1) is 6.61 Å². The molecular formula is C14H22N2O. The number of ether oxygens (including phenoxy) is 1. The molecule has 1 N–H and O–H groups in total. The number of nitrogens with one attached hydrogen (secondary N) is 1. The van der Waals surface area contributed by atoms with E-state index in [0.717, 1.165) is 26.2 Å². The number of rotatable bonds is 6. The fourth-order valence-electron chi connectivity index (χ4n) is 2.26. The first-order chi connectivity index (χ1) is 8.35. The van der Waals surface area contributed by atoms with Gasteiger partial charge in [0.15, 0.2) is 0 Å². The molecule has 0 bridgehead atoms. The number of hydrogen-bond acceptors (Lipinski definition) is 3. The standard InChI is InChI=1S/C14H22N2O/c1-3-16(14-8-15-9-14)10-12-6-4-5-7-13(12)11-17-2/h4-7,14-15H,3,8-11H2,1-2H3. The minimum atomic E-state index is 0.704. The molecule has 0 radical (unpaired) electrons. The lowest BCUT2D eigenvalue weighted by Gasteiger charge is -2.38. The molecule has 0 unspecified atom stereocenters. The van der Waals surface area contributed by atoms with Crippen molar-refractivity contribution >= 4 is 0 Å². The van der Waals surface area contributed by atoms with Crippen LogP contribution in [0.4, 0.5) is 0 Å². The summed E-state index contributed by atoms with van der Waals surface area (Å²) < 4.78 is 5.25. The summed E-state index contributed by atoms with van der Waals surface area (Å²) in [7, 11) is 1.75. The van der Waals surface area contributed by atoms with Crippen LogP contribution in [0.5, 0.6) is 0 Å². The molecule has 0 atom stereocenters. The van der Waals surface area contributed by atoms with E-state index in [1.165, 1.54) is 11.1 Å². The van der Waals surface area contributed by atoms with Crippen molar-refractivity contribution in [3.8, 4) is 0 Å². The second-order valence-corrected chi connectivity index (χ2v) is 4.58. The molecule has 0 amide bonds. The number of nitrogens with zero attached hydrogens (tertiary/aromatic N) is 1. The molecule has 94 valence electrons. The van der Waals surface area contributed by atoms with Gasteiger partial charge in [-0.15, -0.1) is 0 Å². The molecule has 1 aromatic carbocycles. The molecule has 1 aliphatic heterocycles.